The van der Waals surface area contributed by atoms with Crippen LogP contribution in [0.5, 0.6) is 0 Å². The first-order chi connectivity index (χ1) is 11.1. The van der Waals surface area contributed by atoms with E-state index in [1.54, 1.807) is 0 Å². The van der Waals surface area contributed by atoms with E-state index in [4.69, 9.17) is 0 Å². The van der Waals surface area contributed by atoms with E-state index in [-0.39, 0.29) is 6.16 Å². The smallest absolute Gasteiger partial charge is 0.309 e. The van der Waals surface area contributed by atoms with E-state index >= 15 is 0 Å². The molecule has 23 heavy (non-hydrogen) atoms. The largest absolute Gasteiger partial charge is 0.367 e. The van der Waals surface area contributed by atoms with Crippen LogP contribution >= 0.6 is 7.68 Å². The van der Waals surface area contributed by atoms with Crippen molar-refractivity contribution in [3.05, 3.63) is 36.5 Å². The van der Waals surface area contributed by atoms with Crippen molar-refractivity contribution >= 4 is 7.68 Å². The maximum atomic E-state index is 13.0. The zero-order valence-electron chi connectivity index (χ0n) is 14.9. The van der Waals surface area contributed by atoms with Gasteiger partial charge in [-0.2, -0.15) is 4.20 Å². The van der Waals surface area contributed by atoms with Gasteiger partial charge in [-0.05, 0) is 38.5 Å². The molecule has 4 heteroatoms. The second-order valence-electron chi connectivity index (χ2n) is 5.70. The number of hydrogen-bond acceptors (Lipinski definition) is 2. The van der Waals surface area contributed by atoms with Crippen molar-refractivity contribution in [1.82, 2.24) is 0 Å². The van der Waals surface area contributed by atoms with Gasteiger partial charge in [0.15, 0.2) is 0 Å². The van der Waals surface area contributed by atoms with Crippen LogP contribution in [0.25, 0.3) is 0 Å². The first kappa shape index (κ1) is 22.3. The van der Waals surface area contributed by atoms with Crippen LogP contribution in [0, 0.1) is 0 Å². The van der Waals surface area contributed by atoms with Crippen LogP contribution in [0.4, 0.5) is 4.20 Å². The van der Waals surface area contributed by atoms with Crippen molar-refractivity contribution < 1.29 is 13.3 Å². The van der Waals surface area contributed by atoms with Crippen LogP contribution < -0.4 is 0 Å². The van der Waals surface area contributed by atoms with Crippen LogP contribution in [0.1, 0.15) is 71.1 Å². The number of rotatable bonds is 15. The van der Waals surface area contributed by atoms with Gasteiger partial charge in [0.2, 0.25) is 0 Å². The predicted molar refractivity (Wildman–Crippen MR) is 99.9 cm³/mol. The summed E-state index contributed by atoms with van der Waals surface area (Å²) in [6.07, 6.45) is 23.9. The van der Waals surface area contributed by atoms with E-state index in [0.29, 0.717) is 6.42 Å². The van der Waals surface area contributed by atoms with Gasteiger partial charge < -0.3 is 4.52 Å². The highest BCUT2D eigenvalue weighted by Gasteiger charge is 2.18. The molecule has 0 rings (SSSR count). The van der Waals surface area contributed by atoms with Gasteiger partial charge in [-0.25, -0.2) is 0 Å². The molecule has 0 aromatic heterocycles. The topological polar surface area (TPSA) is 26.3 Å². The zero-order chi connectivity index (χ0) is 17.2. The fourth-order valence-electron chi connectivity index (χ4n) is 2.19. The summed E-state index contributed by atoms with van der Waals surface area (Å²) in [4.78, 5) is 0. The van der Waals surface area contributed by atoms with Crippen LogP contribution in [0.15, 0.2) is 36.5 Å². The first-order valence-electron chi connectivity index (χ1n) is 8.92. The molecular weight excluding hydrogens is 310 g/mol. The van der Waals surface area contributed by atoms with Crippen LogP contribution in [0.2, 0.25) is 0 Å². The van der Waals surface area contributed by atoms with E-state index < -0.39 is 7.68 Å². The summed E-state index contributed by atoms with van der Waals surface area (Å²) in [7, 11) is -2.61. The Morgan fingerprint density at radius 3 is 1.96 bits per heavy atom. The Bertz CT molecular complexity index is 389. The molecule has 0 bridgehead atoms. The second-order valence-corrected chi connectivity index (χ2v) is 7.69. The summed E-state index contributed by atoms with van der Waals surface area (Å²) in [6.45, 7) is 2.15. The third-order valence-electron chi connectivity index (χ3n) is 3.60. The number of hydrogen-bond donors (Lipinski definition) is 0. The van der Waals surface area contributed by atoms with E-state index in [0.717, 1.165) is 38.5 Å². The molecule has 0 radical (unpaired) electrons. The molecule has 0 saturated carbocycles. The first-order valence-corrected chi connectivity index (χ1v) is 10.6. The molecule has 134 valence electrons. The Morgan fingerprint density at radius 2 is 1.35 bits per heavy atom. The average molecular weight is 344 g/mol. The van der Waals surface area contributed by atoms with Gasteiger partial charge in [0, 0.05) is 7.11 Å². The molecule has 0 aromatic rings. The minimum atomic E-state index is -3.78. The Hall–Kier alpha value is -0.660. The summed E-state index contributed by atoms with van der Waals surface area (Å²) in [5.41, 5.74) is 0. The minimum absolute atomic E-state index is 0.0635. The maximum Gasteiger partial charge on any atom is 0.367 e. The quantitative estimate of drug-likeness (QED) is 0.176. The fraction of sp³-hybridized carbons (Fsp3) is 0.684. The van der Waals surface area contributed by atoms with E-state index in [1.165, 1.54) is 26.4 Å². The molecule has 0 fully saturated rings. The third-order valence-corrected chi connectivity index (χ3v) is 4.99. The molecule has 2 nitrogen and oxygen atoms in total. The van der Waals surface area contributed by atoms with E-state index in [2.05, 4.69) is 47.9 Å². The van der Waals surface area contributed by atoms with Gasteiger partial charge in [0.05, 0.1) is 6.16 Å². The van der Waals surface area contributed by atoms with E-state index in [9.17, 15) is 8.76 Å². The minimum Gasteiger partial charge on any atom is -0.309 e. The Kier molecular flexibility index (Phi) is 15.7. The lowest BCUT2D eigenvalue weighted by Crippen LogP contribution is -1.88. The molecule has 1 atom stereocenters. The van der Waals surface area contributed by atoms with Gasteiger partial charge >= 0.3 is 7.68 Å². The molecule has 0 amide bonds. The molecule has 0 N–H and O–H groups in total. The maximum absolute atomic E-state index is 13.0. The fourth-order valence-corrected chi connectivity index (χ4v) is 2.97. The average Bonchev–Trinajstić information content (AvgIpc) is 2.54. The highest BCUT2D eigenvalue weighted by atomic mass is 31.2. The molecule has 0 aliphatic rings. The normalized spacial score (nSPS) is 15.1. The molecule has 0 aliphatic carbocycles. The van der Waals surface area contributed by atoms with Crippen molar-refractivity contribution in [1.29, 1.82) is 0 Å². The van der Waals surface area contributed by atoms with Crippen molar-refractivity contribution in [3.63, 3.8) is 0 Å². The molecule has 0 aliphatic heterocycles. The summed E-state index contributed by atoms with van der Waals surface area (Å²) in [6, 6.07) is 0. The summed E-state index contributed by atoms with van der Waals surface area (Å²) < 4.78 is 28.4. The van der Waals surface area contributed by atoms with Gasteiger partial charge in [0.1, 0.15) is 0 Å². The molecule has 1 unspecified atom stereocenters. The summed E-state index contributed by atoms with van der Waals surface area (Å²) in [5.74, 6) is 0. The second kappa shape index (κ2) is 16.2. The van der Waals surface area contributed by atoms with Crippen molar-refractivity contribution in [2.45, 2.75) is 71.1 Å². The van der Waals surface area contributed by atoms with Gasteiger partial charge in [-0.3, -0.25) is 4.57 Å². The lowest BCUT2D eigenvalue weighted by atomic mass is 10.1. The van der Waals surface area contributed by atoms with Crippen molar-refractivity contribution in [3.8, 4) is 0 Å². The predicted octanol–water partition coefficient (Wildman–Crippen LogP) is 7.38. The van der Waals surface area contributed by atoms with Crippen LogP contribution in [0.3, 0.4) is 0 Å². The number of allylic oxidation sites excluding steroid dienone is 6. The summed E-state index contributed by atoms with van der Waals surface area (Å²) in [5, 5.41) is 0. The SMILES string of the molecule is CC/C=C/C/C=C/C/C=C/CCCCCCCCP(=O)(F)OC. The lowest BCUT2D eigenvalue weighted by Gasteiger charge is -2.05. The van der Waals surface area contributed by atoms with Gasteiger partial charge in [-0.1, -0.05) is 69.1 Å². The monoisotopic (exact) mass is 344 g/mol. The molecule has 0 spiro atoms. The van der Waals surface area contributed by atoms with E-state index in [1.807, 2.05) is 0 Å². The molecule has 0 saturated heterocycles. The van der Waals surface area contributed by atoms with Crippen molar-refractivity contribution in [2.75, 3.05) is 13.3 Å². The van der Waals surface area contributed by atoms with Gasteiger partial charge in [-0.15, -0.1) is 0 Å². The highest BCUT2D eigenvalue weighted by molar-refractivity contribution is 7.53. The molecule has 0 aromatic carbocycles. The number of unbranched alkanes of at least 4 members (excludes halogenated alkanes) is 6. The Labute approximate surface area is 142 Å². The molecular formula is C19H34FO2P. The Morgan fingerprint density at radius 1 is 0.826 bits per heavy atom. The zero-order valence-corrected chi connectivity index (χ0v) is 15.8. The van der Waals surface area contributed by atoms with Crippen LogP contribution in [-0.4, -0.2) is 13.3 Å². The standard InChI is InChI=1S/C19H34FO2P/c1-3-4-5-6-7-8-9-10-11-12-13-14-15-16-17-18-19-23(20,21)22-2/h4-5,7-8,10-11H,3,6,9,12-19H2,1-2H3/b5-4+,8-7+,11-10+. The van der Waals surface area contributed by atoms with Gasteiger partial charge in [0.25, 0.3) is 0 Å². The lowest BCUT2D eigenvalue weighted by molar-refractivity contribution is 0.354. The van der Waals surface area contributed by atoms with Crippen molar-refractivity contribution in [2.24, 2.45) is 0 Å². The Balaban J connectivity index is 3.31. The third kappa shape index (κ3) is 17.5. The van der Waals surface area contributed by atoms with Crippen LogP contribution in [-0.2, 0) is 9.09 Å². The highest BCUT2D eigenvalue weighted by Crippen LogP contribution is 2.48. The molecule has 0 heterocycles. The summed E-state index contributed by atoms with van der Waals surface area (Å²) >= 11 is 0. The number of halogens is 1.